The van der Waals surface area contributed by atoms with Crippen LogP contribution in [0.15, 0.2) is 0 Å². The van der Waals surface area contributed by atoms with Gasteiger partial charge in [0.05, 0.1) is 0 Å². The van der Waals surface area contributed by atoms with Gasteiger partial charge in [0.1, 0.15) is 0 Å². The van der Waals surface area contributed by atoms with Crippen LogP contribution in [0.4, 0.5) is 0 Å². The van der Waals surface area contributed by atoms with Gasteiger partial charge in [0, 0.05) is 6.42 Å². The van der Waals surface area contributed by atoms with Gasteiger partial charge in [-0.15, -0.1) is 0 Å². The maximum atomic E-state index is 10.3. The molecule has 12 heavy (non-hydrogen) atoms. The first-order valence-electron chi connectivity index (χ1n) is 4.49. The monoisotopic (exact) mass is 173 g/mol. The Balaban J connectivity index is 3.70. The summed E-state index contributed by atoms with van der Waals surface area (Å²) in [6, 6.07) is 0. The van der Waals surface area contributed by atoms with Crippen LogP contribution in [0.3, 0.4) is 0 Å². The topological polar surface area (TPSA) is 63.3 Å². The molecule has 72 valence electrons. The fourth-order valence-corrected chi connectivity index (χ4v) is 1.33. The molecule has 1 unspecified atom stereocenters. The molecule has 0 spiro atoms. The normalized spacial score (nSPS) is 13.3. The van der Waals surface area contributed by atoms with Crippen molar-refractivity contribution < 1.29 is 9.90 Å². The van der Waals surface area contributed by atoms with Crippen LogP contribution in [-0.4, -0.2) is 17.6 Å². The molecule has 0 bridgehead atoms. The summed E-state index contributed by atoms with van der Waals surface area (Å²) in [4.78, 5) is 10.3. The molecule has 0 rings (SSSR count). The van der Waals surface area contributed by atoms with E-state index in [0.29, 0.717) is 18.4 Å². The van der Waals surface area contributed by atoms with Crippen LogP contribution in [-0.2, 0) is 4.79 Å². The summed E-state index contributed by atoms with van der Waals surface area (Å²) in [5.41, 5.74) is 5.43. The minimum absolute atomic E-state index is 0.267. The molecule has 0 aromatic rings. The van der Waals surface area contributed by atoms with Gasteiger partial charge in [0.25, 0.3) is 0 Å². The van der Waals surface area contributed by atoms with Gasteiger partial charge in [-0.3, -0.25) is 4.79 Å². The van der Waals surface area contributed by atoms with Crippen molar-refractivity contribution in [2.45, 2.75) is 33.1 Å². The number of hydrogen-bond donors (Lipinski definition) is 2. The lowest BCUT2D eigenvalue weighted by molar-refractivity contribution is -0.137. The van der Waals surface area contributed by atoms with Crippen molar-refractivity contribution >= 4 is 5.97 Å². The van der Waals surface area contributed by atoms with Crippen LogP contribution < -0.4 is 5.73 Å². The third-order valence-electron chi connectivity index (χ3n) is 2.21. The molecule has 0 aliphatic rings. The van der Waals surface area contributed by atoms with Gasteiger partial charge < -0.3 is 10.8 Å². The highest BCUT2D eigenvalue weighted by molar-refractivity contribution is 5.66. The van der Waals surface area contributed by atoms with E-state index in [9.17, 15) is 4.79 Å². The number of rotatable bonds is 6. The molecule has 0 saturated carbocycles. The van der Waals surface area contributed by atoms with Crippen molar-refractivity contribution in [3.8, 4) is 0 Å². The summed E-state index contributed by atoms with van der Waals surface area (Å²) in [6.45, 7) is 4.88. The minimum Gasteiger partial charge on any atom is -0.481 e. The quantitative estimate of drug-likeness (QED) is 0.639. The fourth-order valence-electron chi connectivity index (χ4n) is 1.33. The predicted octanol–water partition coefficient (Wildman–Crippen LogP) is 1.47. The number of carboxylic acids is 1. The van der Waals surface area contributed by atoms with E-state index in [-0.39, 0.29) is 6.42 Å². The van der Waals surface area contributed by atoms with Crippen LogP contribution in [0, 0.1) is 11.8 Å². The molecular formula is C9H19NO2. The van der Waals surface area contributed by atoms with E-state index in [4.69, 9.17) is 10.8 Å². The Labute approximate surface area is 74.0 Å². The molecule has 0 aromatic heterocycles. The number of hydrogen-bond acceptors (Lipinski definition) is 2. The molecule has 0 aromatic carbocycles. The molecule has 0 radical (unpaired) electrons. The molecule has 0 saturated heterocycles. The highest BCUT2D eigenvalue weighted by Crippen LogP contribution is 2.19. The average molecular weight is 173 g/mol. The Morgan fingerprint density at radius 1 is 1.42 bits per heavy atom. The Kier molecular flexibility index (Phi) is 5.72. The van der Waals surface area contributed by atoms with Gasteiger partial charge >= 0.3 is 5.97 Å². The number of carbonyl (C=O) groups is 1. The van der Waals surface area contributed by atoms with Crippen molar-refractivity contribution in [2.75, 3.05) is 6.54 Å². The van der Waals surface area contributed by atoms with Crippen molar-refractivity contribution in [2.24, 2.45) is 17.6 Å². The van der Waals surface area contributed by atoms with Crippen LogP contribution in [0.2, 0.25) is 0 Å². The lowest BCUT2D eigenvalue weighted by Gasteiger charge is -2.18. The molecule has 0 aliphatic heterocycles. The SMILES string of the molecule is CC(C)C(CCN)CCC(=O)O. The van der Waals surface area contributed by atoms with Gasteiger partial charge in [-0.05, 0) is 31.2 Å². The van der Waals surface area contributed by atoms with E-state index < -0.39 is 5.97 Å². The first-order chi connectivity index (χ1) is 5.57. The Morgan fingerprint density at radius 2 is 2.00 bits per heavy atom. The van der Waals surface area contributed by atoms with Gasteiger partial charge in [-0.25, -0.2) is 0 Å². The summed E-state index contributed by atoms with van der Waals surface area (Å²) in [7, 11) is 0. The largest absolute Gasteiger partial charge is 0.481 e. The molecule has 1 atom stereocenters. The second-order valence-corrected chi connectivity index (χ2v) is 3.51. The first kappa shape index (κ1) is 11.4. The molecule has 0 aliphatic carbocycles. The highest BCUT2D eigenvalue weighted by Gasteiger charge is 2.13. The zero-order valence-electron chi connectivity index (χ0n) is 7.92. The van der Waals surface area contributed by atoms with E-state index in [2.05, 4.69) is 13.8 Å². The summed E-state index contributed by atoms with van der Waals surface area (Å²) in [5, 5.41) is 8.48. The molecule has 3 nitrogen and oxygen atoms in total. The second kappa shape index (κ2) is 6.00. The lowest BCUT2D eigenvalue weighted by atomic mass is 9.88. The molecule has 3 N–H and O–H groups in total. The number of nitrogens with two attached hydrogens (primary N) is 1. The summed E-state index contributed by atoms with van der Waals surface area (Å²) in [5.74, 6) is 0.289. The molecule has 0 amide bonds. The highest BCUT2D eigenvalue weighted by atomic mass is 16.4. The minimum atomic E-state index is -0.710. The van der Waals surface area contributed by atoms with Gasteiger partial charge in [0.2, 0.25) is 0 Å². The standard InChI is InChI=1S/C9H19NO2/c1-7(2)8(5-6-10)3-4-9(11)12/h7-8H,3-6,10H2,1-2H3,(H,11,12). The zero-order chi connectivity index (χ0) is 9.56. The van der Waals surface area contributed by atoms with Crippen LogP contribution >= 0.6 is 0 Å². The van der Waals surface area contributed by atoms with Crippen molar-refractivity contribution in [1.29, 1.82) is 0 Å². The summed E-state index contributed by atoms with van der Waals surface area (Å²) < 4.78 is 0. The van der Waals surface area contributed by atoms with Gasteiger partial charge in [-0.1, -0.05) is 13.8 Å². The molecular weight excluding hydrogens is 154 g/mol. The fraction of sp³-hybridized carbons (Fsp3) is 0.889. The van der Waals surface area contributed by atoms with Gasteiger partial charge in [0.15, 0.2) is 0 Å². The third-order valence-corrected chi connectivity index (χ3v) is 2.21. The van der Waals surface area contributed by atoms with Gasteiger partial charge in [-0.2, -0.15) is 0 Å². The van der Waals surface area contributed by atoms with Crippen LogP contribution in [0.25, 0.3) is 0 Å². The Morgan fingerprint density at radius 3 is 2.33 bits per heavy atom. The van der Waals surface area contributed by atoms with Crippen molar-refractivity contribution in [1.82, 2.24) is 0 Å². The van der Waals surface area contributed by atoms with Crippen molar-refractivity contribution in [3.05, 3.63) is 0 Å². The van der Waals surface area contributed by atoms with E-state index >= 15 is 0 Å². The lowest BCUT2D eigenvalue weighted by Crippen LogP contribution is -2.15. The first-order valence-corrected chi connectivity index (χ1v) is 4.49. The van der Waals surface area contributed by atoms with Crippen molar-refractivity contribution in [3.63, 3.8) is 0 Å². The number of carboxylic acid groups (broad SMARTS) is 1. The van der Waals surface area contributed by atoms with Crippen LogP contribution in [0.5, 0.6) is 0 Å². The molecule has 0 heterocycles. The summed E-state index contributed by atoms with van der Waals surface area (Å²) in [6.07, 6.45) is 1.96. The van der Waals surface area contributed by atoms with Crippen LogP contribution in [0.1, 0.15) is 33.1 Å². The Hall–Kier alpha value is -0.570. The average Bonchev–Trinajstić information content (AvgIpc) is 1.96. The smallest absolute Gasteiger partial charge is 0.303 e. The summed E-state index contributed by atoms with van der Waals surface area (Å²) >= 11 is 0. The zero-order valence-corrected chi connectivity index (χ0v) is 7.92. The van der Waals surface area contributed by atoms with E-state index in [0.717, 1.165) is 12.8 Å². The molecule has 3 heteroatoms. The predicted molar refractivity (Wildman–Crippen MR) is 48.9 cm³/mol. The van der Waals surface area contributed by atoms with E-state index in [1.165, 1.54) is 0 Å². The maximum Gasteiger partial charge on any atom is 0.303 e. The van der Waals surface area contributed by atoms with E-state index in [1.54, 1.807) is 0 Å². The van der Waals surface area contributed by atoms with E-state index in [1.807, 2.05) is 0 Å². The Bertz CT molecular complexity index is 134. The second-order valence-electron chi connectivity index (χ2n) is 3.51. The maximum absolute atomic E-state index is 10.3. The third kappa shape index (κ3) is 5.13. The molecule has 0 fully saturated rings. The number of aliphatic carboxylic acids is 1.